The van der Waals surface area contributed by atoms with Crippen molar-refractivity contribution in [3.8, 4) is 0 Å². The topological polar surface area (TPSA) is 57.3 Å². The molecule has 138 valence electrons. The number of anilines is 2. The molecule has 0 spiro atoms. The molecule has 0 radical (unpaired) electrons. The lowest BCUT2D eigenvalue weighted by atomic mass is 10.1. The van der Waals surface area contributed by atoms with Crippen LogP contribution in [0, 0.1) is 0 Å². The minimum Gasteiger partial charge on any atom is -0.370 e. The smallest absolute Gasteiger partial charge is 0.370 e. The second kappa shape index (κ2) is 7.63. The Labute approximate surface area is 149 Å². The average molecular weight is 364 g/mol. The van der Waals surface area contributed by atoms with Crippen LogP contribution in [0.1, 0.15) is 24.1 Å². The molecular formula is C18H19F3N4O. The van der Waals surface area contributed by atoms with E-state index >= 15 is 0 Å². The van der Waals surface area contributed by atoms with Crippen LogP contribution in [0.15, 0.2) is 42.6 Å². The van der Waals surface area contributed by atoms with Crippen molar-refractivity contribution in [2.45, 2.75) is 25.6 Å². The van der Waals surface area contributed by atoms with Crippen LogP contribution in [0.2, 0.25) is 0 Å². The molecule has 26 heavy (non-hydrogen) atoms. The summed E-state index contributed by atoms with van der Waals surface area (Å²) in [6, 6.07) is 8.17. The molecule has 3 rings (SSSR count). The van der Waals surface area contributed by atoms with Gasteiger partial charge in [0.2, 0.25) is 0 Å². The van der Waals surface area contributed by atoms with Crippen molar-refractivity contribution >= 4 is 17.4 Å². The minimum absolute atomic E-state index is 0.153. The molecule has 2 aromatic rings. The van der Waals surface area contributed by atoms with Crippen molar-refractivity contribution in [2.24, 2.45) is 0 Å². The second-order valence-corrected chi connectivity index (χ2v) is 6.05. The zero-order valence-corrected chi connectivity index (χ0v) is 14.0. The van der Waals surface area contributed by atoms with Gasteiger partial charge >= 0.3 is 12.2 Å². The molecule has 1 aliphatic heterocycles. The minimum atomic E-state index is -4.47. The second-order valence-electron chi connectivity index (χ2n) is 6.05. The van der Waals surface area contributed by atoms with E-state index in [1.807, 2.05) is 4.90 Å². The Kier molecular flexibility index (Phi) is 5.29. The monoisotopic (exact) mass is 364 g/mol. The quantitative estimate of drug-likeness (QED) is 0.861. The number of hydrogen-bond acceptors (Lipinski definition) is 3. The molecule has 1 aliphatic rings. The molecule has 0 aliphatic carbocycles. The van der Waals surface area contributed by atoms with E-state index in [1.54, 1.807) is 24.4 Å². The lowest BCUT2D eigenvalue weighted by Crippen LogP contribution is -2.30. The van der Waals surface area contributed by atoms with Gasteiger partial charge in [0.25, 0.3) is 0 Å². The number of amides is 2. The van der Waals surface area contributed by atoms with Gasteiger partial charge < -0.3 is 15.5 Å². The van der Waals surface area contributed by atoms with Crippen molar-refractivity contribution < 1.29 is 18.0 Å². The van der Waals surface area contributed by atoms with Gasteiger partial charge in [-0.15, -0.1) is 0 Å². The normalized spacial score (nSPS) is 14.3. The summed E-state index contributed by atoms with van der Waals surface area (Å²) in [6.45, 7) is 1.70. The fourth-order valence-electron chi connectivity index (χ4n) is 2.89. The molecule has 0 unspecified atom stereocenters. The van der Waals surface area contributed by atoms with Gasteiger partial charge in [-0.05, 0) is 43.2 Å². The van der Waals surface area contributed by atoms with E-state index in [-0.39, 0.29) is 12.2 Å². The number of urea groups is 1. The Morgan fingerprint density at radius 1 is 1.15 bits per heavy atom. The van der Waals surface area contributed by atoms with Gasteiger partial charge in [0.15, 0.2) is 0 Å². The summed E-state index contributed by atoms with van der Waals surface area (Å²) in [7, 11) is 0. The van der Waals surface area contributed by atoms with Crippen LogP contribution in [0.25, 0.3) is 0 Å². The Balaban J connectivity index is 1.76. The largest absolute Gasteiger partial charge is 0.416 e. The number of nitrogens with one attached hydrogen (secondary N) is 2. The van der Waals surface area contributed by atoms with Crippen LogP contribution in [-0.2, 0) is 12.7 Å². The molecule has 8 heteroatoms. The third-order valence-corrected chi connectivity index (χ3v) is 4.18. The maximum atomic E-state index is 13.0. The predicted molar refractivity (Wildman–Crippen MR) is 93.0 cm³/mol. The molecule has 1 saturated heterocycles. The molecule has 2 amide bonds. The fourth-order valence-corrected chi connectivity index (χ4v) is 2.89. The molecule has 0 bridgehead atoms. The van der Waals surface area contributed by atoms with Crippen LogP contribution in [0.3, 0.4) is 0 Å². The highest BCUT2D eigenvalue weighted by Gasteiger charge is 2.32. The molecule has 2 heterocycles. The van der Waals surface area contributed by atoms with E-state index in [9.17, 15) is 18.0 Å². The Morgan fingerprint density at radius 2 is 1.92 bits per heavy atom. The number of alkyl halides is 3. The molecule has 1 fully saturated rings. The van der Waals surface area contributed by atoms with Crippen LogP contribution < -0.4 is 15.5 Å². The fraction of sp³-hybridized carbons (Fsp3) is 0.333. The van der Waals surface area contributed by atoms with Crippen molar-refractivity contribution in [1.29, 1.82) is 0 Å². The van der Waals surface area contributed by atoms with Gasteiger partial charge in [-0.2, -0.15) is 13.2 Å². The van der Waals surface area contributed by atoms with E-state index in [0.717, 1.165) is 38.1 Å². The summed E-state index contributed by atoms with van der Waals surface area (Å²) < 4.78 is 39.1. The van der Waals surface area contributed by atoms with Gasteiger partial charge in [0.1, 0.15) is 0 Å². The van der Waals surface area contributed by atoms with E-state index in [2.05, 4.69) is 15.6 Å². The SMILES string of the molecule is O=C(NCc1ccccn1)Nc1cc(C(F)(F)F)ccc1N1CCCC1. The van der Waals surface area contributed by atoms with Gasteiger partial charge in [-0.1, -0.05) is 6.07 Å². The molecule has 0 saturated carbocycles. The maximum Gasteiger partial charge on any atom is 0.416 e. The third kappa shape index (κ3) is 4.44. The van der Waals surface area contributed by atoms with Gasteiger partial charge in [-0.25, -0.2) is 4.79 Å². The Morgan fingerprint density at radius 3 is 2.58 bits per heavy atom. The van der Waals surface area contributed by atoms with E-state index in [0.29, 0.717) is 11.4 Å². The number of pyridine rings is 1. The summed E-state index contributed by atoms with van der Waals surface area (Å²) in [6.07, 6.45) is -0.906. The summed E-state index contributed by atoms with van der Waals surface area (Å²) in [5.41, 5.74) is 0.621. The highest BCUT2D eigenvalue weighted by atomic mass is 19.4. The van der Waals surface area contributed by atoms with Crippen molar-refractivity contribution in [3.63, 3.8) is 0 Å². The number of carbonyl (C=O) groups is 1. The molecular weight excluding hydrogens is 345 g/mol. The van der Waals surface area contributed by atoms with Crippen LogP contribution in [-0.4, -0.2) is 24.1 Å². The summed E-state index contributed by atoms with van der Waals surface area (Å²) in [5, 5.41) is 5.16. The first kappa shape index (κ1) is 18.0. The molecule has 5 nitrogen and oxygen atoms in total. The number of aromatic nitrogens is 1. The number of rotatable bonds is 4. The number of nitrogens with zero attached hydrogens (tertiary/aromatic N) is 2. The van der Waals surface area contributed by atoms with Crippen molar-refractivity contribution in [3.05, 3.63) is 53.9 Å². The number of hydrogen-bond donors (Lipinski definition) is 2. The predicted octanol–water partition coefficient (Wildman–Crippen LogP) is 4.02. The zero-order chi connectivity index (χ0) is 18.6. The van der Waals surface area contributed by atoms with Gasteiger partial charge in [0, 0.05) is 19.3 Å². The van der Waals surface area contributed by atoms with E-state index < -0.39 is 17.8 Å². The van der Waals surface area contributed by atoms with Gasteiger partial charge in [0.05, 0.1) is 29.2 Å². The van der Waals surface area contributed by atoms with Crippen LogP contribution in [0.5, 0.6) is 0 Å². The first-order valence-corrected chi connectivity index (χ1v) is 8.34. The van der Waals surface area contributed by atoms with Crippen LogP contribution in [0.4, 0.5) is 29.3 Å². The summed E-state index contributed by atoms with van der Waals surface area (Å²) >= 11 is 0. The third-order valence-electron chi connectivity index (χ3n) is 4.18. The Bertz CT molecular complexity index is 759. The van der Waals surface area contributed by atoms with E-state index in [4.69, 9.17) is 0 Å². The highest BCUT2D eigenvalue weighted by Crippen LogP contribution is 2.36. The highest BCUT2D eigenvalue weighted by molar-refractivity contribution is 5.93. The first-order chi connectivity index (χ1) is 12.4. The summed E-state index contributed by atoms with van der Waals surface area (Å²) in [4.78, 5) is 18.2. The van der Waals surface area contributed by atoms with Crippen molar-refractivity contribution in [2.75, 3.05) is 23.3 Å². The molecule has 1 aromatic carbocycles. The Hall–Kier alpha value is -2.77. The zero-order valence-electron chi connectivity index (χ0n) is 14.0. The van der Waals surface area contributed by atoms with Crippen molar-refractivity contribution in [1.82, 2.24) is 10.3 Å². The average Bonchev–Trinajstić information content (AvgIpc) is 3.14. The molecule has 1 aromatic heterocycles. The lowest BCUT2D eigenvalue weighted by molar-refractivity contribution is -0.137. The molecule has 0 atom stereocenters. The lowest BCUT2D eigenvalue weighted by Gasteiger charge is -2.23. The summed E-state index contributed by atoms with van der Waals surface area (Å²) in [5.74, 6) is 0. The first-order valence-electron chi connectivity index (χ1n) is 8.34. The number of carbonyl (C=O) groups excluding carboxylic acids is 1. The number of benzene rings is 1. The van der Waals surface area contributed by atoms with Gasteiger partial charge in [-0.3, -0.25) is 4.98 Å². The molecule has 2 N–H and O–H groups in total. The van der Waals surface area contributed by atoms with E-state index in [1.165, 1.54) is 6.07 Å². The standard InChI is InChI=1S/C18H19F3N4O/c19-18(20,21)13-6-7-16(25-9-3-4-10-25)15(11-13)24-17(26)23-12-14-5-1-2-8-22-14/h1-2,5-8,11H,3-4,9-10,12H2,(H2,23,24,26). The number of halogens is 3. The maximum absolute atomic E-state index is 13.0. The van der Waals surface area contributed by atoms with Crippen LogP contribution >= 0.6 is 0 Å².